The fraction of sp³-hybridized carbons (Fsp3) is 0.882. The Morgan fingerprint density at radius 3 is 2.22 bits per heavy atom. The number of piperidine rings is 1. The van der Waals surface area contributed by atoms with Gasteiger partial charge in [0.2, 0.25) is 11.8 Å². The molecule has 3 aliphatic heterocycles. The molecule has 0 aliphatic carbocycles. The molecule has 3 saturated heterocycles. The Morgan fingerprint density at radius 1 is 0.939 bits per heavy atom. The van der Waals surface area contributed by atoms with Crippen molar-refractivity contribution in [3.63, 3.8) is 0 Å². The average Bonchev–Trinajstić information content (AvgIpc) is 3.58. The van der Waals surface area contributed by atoms with Crippen molar-refractivity contribution in [1.29, 1.82) is 0 Å². The summed E-state index contributed by atoms with van der Waals surface area (Å²) in [7, 11) is -4.61. The van der Waals surface area contributed by atoms with Gasteiger partial charge in [-0.15, -0.1) is 14.5 Å². The first-order chi connectivity index (χ1) is 23.2. The fourth-order valence-electron chi connectivity index (χ4n) is 7.15. The third-order valence-electron chi connectivity index (χ3n) is 9.77. The molecule has 4 rings (SSSR count). The van der Waals surface area contributed by atoms with E-state index in [0.717, 1.165) is 75.7 Å². The number of aromatic nitrogens is 2. The van der Waals surface area contributed by atoms with Crippen LogP contribution in [-0.4, -0.2) is 94.0 Å². The Kier molecular flexibility index (Phi) is 13.8. The minimum Gasteiger partial charge on any atom is -0.444 e. The van der Waals surface area contributed by atoms with Crippen molar-refractivity contribution in [2.45, 2.75) is 162 Å². The minimum absolute atomic E-state index is 0.283. The predicted octanol–water partition coefficient (Wildman–Crippen LogP) is 6.94. The standard InChI is InChI=1S/C34H60N6O8S/c1-8-12-20-34(19-11-4,21-13-9-2)39(22-14-10-3)47-49(43,44)48-40-27-16-17-28(38(25-27)31(40)41)30-36-35-29(45-30)18-15-26-23-37(24-26)32(42)46-33(5,6)7/h26-28H,8-25H2,1-7H3/t27-,28-/m0/s1. The molecule has 0 aromatic carbocycles. The number of nitrogens with zero attached hydrogens (tertiary/aromatic N) is 6. The van der Waals surface area contributed by atoms with E-state index >= 15 is 0 Å². The number of amides is 3. The van der Waals surface area contributed by atoms with E-state index in [4.69, 9.17) is 17.7 Å². The van der Waals surface area contributed by atoms with Gasteiger partial charge in [-0.2, -0.15) is 22.8 Å². The number of aryl methyl sites for hydroxylation is 1. The molecule has 15 heteroatoms. The second-order valence-electron chi connectivity index (χ2n) is 15.0. The molecule has 2 bridgehead atoms. The summed E-state index contributed by atoms with van der Waals surface area (Å²) >= 11 is 0. The number of fused-ring (bicyclic) bond motifs is 2. The van der Waals surface area contributed by atoms with Crippen LogP contribution in [0.1, 0.15) is 150 Å². The monoisotopic (exact) mass is 712 g/mol. The van der Waals surface area contributed by atoms with Crippen LogP contribution in [0.15, 0.2) is 4.42 Å². The maximum atomic E-state index is 13.6. The lowest BCUT2D eigenvalue weighted by Crippen LogP contribution is -2.51. The van der Waals surface area contributed by atoms with Gasteiger partial charge >= 0.3 is 22.5 Å². The minimum atomic E-state index is -4.61. The first kappa shape index (κ1) is 39.3. The lowest BCUT2D eigenvalue weighted by atomic mass is 9.82. The van der Waals surface area contributed by atoms with Crippen molar-refractivity contribution < 1.29 is 35.7 Å². The Morgan fingerprint density at radius 2 is 1.61 bits per heavy atom. The van der Waals surface area contributed by atoms with Crippen LogP contribution in [0.2, 0.25) is 0 Å². The zero-order chi connectivity index (χ0) is 35.8. The summed E-state index contributed by atoms with van der Waals surface area (Å²) in [5, 5.41) is 11.1. The molecule has 3 fully saturated rings. The SMILES string of the molecule is CCCCN(OS(=O)(=O)ON1C(=O)N2C[C@@H]1CC[C@H]2c1nnc(CCC2CN(C(=O)OC(C)(C)C)C2)o1)C(CCC)(CCCC)CCCC. The van der Waals surface area contributed by atoms with E-state index in [-0.39, 0.29) is 12.6 Å². The van der Waals surface area contributed by atoms with Crippen molar-refractivity contribution in [2.75, 3.05) is 26.2 Å². The number of hydrogen-bond donors (Lipinski definition) is 0. The van der Waals surface area contributed by atoms with E-state index < -0.39 is 39.7 Å². The van der Waals surface area contributed by atoms with Crippen LogP contribution < -0.4 is 0 Å². The van der Waals surface area contributed by atoms with Crippen molar-refractivity contribution in [1.82, 2.24) is 30.1 Å². The molecule has 1 aromatic rings. The van der Waals surface area contributed by atoms with Crippen LogP contribution in [-0.2, 0) is 30.1 Å². The van der Waals surface area contributed by atoms with E-state index in [1.54, 1.807) is 14.9 Å². The quantitative estimate of drug-likeness (QED) is 0.130. The van der Waals surface area contributed by atoms with Crippen LogP contribution in [0.3, 0.4) is 0 Å². The Bertz CT molecular complexity index is 1320. The molecule has 3 aliphatic rings. The van der Waals surface area contributed by atoms with Crippen LogP contribution in [0.4, 0.5) is 9.59 Å². The highest BCUT2D eigenvalue weighted by molar-refractivity contribution is 7.81. The number of unbranched alkanes of at least 4 members (excludes halogenated alkanes) is 3. The highest BCUT2D eigenvalue weighted by atomic mass is 32.3. The summed E-state index contributed by atoms with van der Waals surface area (Å²) in [6.07, 6.45) is 11.0. The molecule has 14 nitrogen and oxygen atoms in total. The van der Waals surface area contributed by atoms with Gasteiger partial charge in [0.25, 0.3) is 0 Å². The van der Waals surface area contributed by atoms with Crippen molar-refractivity contribution in [3.8, 4) is 0 Å². The number of urea groups is 1. The van der Waals surface area contributed by atoms with Gasteiger partial charge in [-0.05, 0) is 71.6 Å². The summed E-state index contributed by atoms with van der Waals surface area (Å²) < 4.78 is 49.9. The summed E-state index contributed by atoms with van der Waals surface area (Å²) in [6.45, 7) is 16.0. The first-order valence-corrected chi connectivity index (χ1v) is 19.9. The number of likely N-dealkylation sites (tertiary alicyclic amines) is 1. The molecule has 0 unspecified atom stereocenters. The van der Waals surface area contributed by atoms with Crippen molar-refractivity contribution in [2.24, 2.45) is 5.92 Å². The Labute approximate surface area is 293 Å². The number of carbonyl (C=O) groups is 2. The smallest absolute Gasteiger partial charge is 0.437 e. The summed E-state index contributed by atoms with van der Waals surface area (Å²) in [5.41, 5.74) is -0.959. The van der Waals surface area contributed by atoms with Gasteiger partial charge < -0.3 is 19.0 Å². The highest BCUT2D eigenvalue weighted by Gasteiger charge is 2.50. The van der Waals surface area contributed by atoms with Crippen LogP contribution in [0.25, 0.3) is 0 Å². The number of ether oxygens (including phenoxy) is 1. The summed E-state index contributed by atoms with van der Waals surface area (Å²) in [6, 6.07) is -1.48. The molecule has 0 saturated carbocycles. The molecule has 280 valence electrons. The van der Waals surface area contributed by atoms with E-state index in [2.05, 4.69) is 37.9 Å². The van der Waals surface area contributed by atoms with Crippen LogP contribution in [0.5, 0.6) is 0 Å². The summed E-state index contributed by atoms with van der Waals surface area (Å²) in [4.78, 5) is 29.0. The van der Waals surface area contributed by atoms with E-state index in [1.165, 1.54) is 0 Å². The lowest BCUT2D eigenvalue weighted by Gasteiger charge is -2.43. The molecule has 2 atom stereocenters. The van der Waals surface area contributed by atoms with E-state index in [1.807, 2.05) is 20.8 Å². The Hall–Kier alpha value is -2.49. The predicted molar refractivity (Wildman–Crippen MR) is 183 cm³/mol. The maximum Gasteiger partial charge on any atom is 0.437 e. The maximum absolute atomic E-state index is 13.6. The number of hydroxylamine groups is 4. The second-order valence-corrected chi connectivity index (χ2v) is 16.1. The molecule has 0 spiro atoms. The molecular formula is C34H60N6O8S. The van der Waals surface area contributed by atoms with Crippen LogP contribution >= 0.6 is 0 Å². The largest absolute Gasteiger partial charge is 0.444 e. The van der Waals surface area contributed by atoms with E-state index in [0.29, 0.717) is 56.6 Å². The molecule has 1 aromatic heterocycles. The zero-order valence-electron chi connectivity index (χ0n) is 30.8. The van der Waals surface area contributed by atoms with Gasteiger partial charge in [0.15, 0.2) is 0 Å². The molecule has 4 heterocycles. The van der Waals surface area contributed by atoms with Crippen molar-refractivity contribution >= 4 is 22.5 Å². The average molecular weight is 713 g/mol. The molecule has 0 radical (unpaired) electrons. The van der Waals surface area contributed by atoms with Gasteiger partial charge in [-0.3, -0.25) is 0 Å². The van der Waals surface area contributed by atoms with Crippen molar-refractivity contribution in [3.05, 3.63) is 11.8 Å². The molecule has 0 N–H and O–H groups in total. The number of carbonyl (C=O) groups excluding carboxylic acids is 2. The molecular weight excluding hydrogens is 652 g/mol. The number of rotatable bonds is 20. The third kappa shape index (κ3) is 10.3. The zero-order valence-corrected chi connectivity index (χ0v) is 31.6. The second kappa shape index (κ2) is 17.1. The normalized spacial score (nSPS) is 20.4. The van der Waals surface area contributed by atoms with Gasteiger partial charge in [-0.25, -0.2) is 9.59 Å². The Balaban J connectivity index is 1.36. The van der Waals surface area contributed by atoms with Gasteiger partial charge in [0.1, 0.15) is 11.6 Å². The van der Waals surface area contributed by atoms with Crippen LogP contribution in [0, 0.1) is 5.92 Å². The molecule has 3 amide bonds. The fourth-order valence-corrected chi connectivity index (χ4v) is 8.01. The third-order valence-corrected chi connectivity index (χ3v) is 10.5. The van der Waals surface area contributed by atoms with Gasteiger partial charge in [-0.1, -0.05) is 66.2 Å². The summed E-state index contributed by atoms with van der Waals surface area (Å²) in [5.74, 6) is 1.11. The van der Waals surface area contributed by atoms with Gasteiger partial charge in [0, 0.05) is 38.1 Å². The topological polar surface area (TPSA) is 148 Å². The van der Waals surface area contributed by atoms with E-state index in [9.17, 15) is 18.0 Å². The lowest BCUT2D eigenvalue weighted by molar-refractivity contribution is -0.172. The molecule has 49 heavy (non-hydrogen) atoms. The van der Waals surface area contributed by atoms with Gasteiger partial charge in [0.05, 0.1) is 6.04 Å². The highest BCUT2D eigenvalue weighted by Crippen LogP contribution is 2.40. The first-order valence-electron chi connectivity index (χ1n) is 18.6. The number of hydrogen-bond acceptors (Lipinski definition) is 11.